The van der Waals surface area contributed by atoms with Crippen molar-refractivity contribution in [3.63, 3.8) is 0 Å². The van der Waals surface area contributed by atoms with Crippen molar-refractivity contribution in [1.82, 2.24) is 25.4 Å². The molecule has 1 fully saturated rings. The Kier molecular flexibility index (Phi) is 5.94. The van der Waals surface area contributed by atoms with Crippen LogP contribution in [0.15, 0.2) is 6.33 Å². The van der Waals surface area contributed by atoms with Crippen LogP contribution in [-0.2, 0) is 22.6 Å². The highest BCUT2D eigenvalue weighted by molar-refractivity contribution is 5.75. The molecule has 0 aliphatic carbocycles. The maximum atomic E-state index is 11.7. The van der Waals surface area contributed by atoms with Crippen molar-refractivity contribution in [3.05, 3.63) is 12.2 Å². The first-order chi connectivity index (χ1) is 9.79. The summed E-state index contributed by atoms with van der Waals surface area (Å²) in [6, 6.07) is 0. The molecular weight excluding hydrogens is 258 g/mol. The second kappa shape index (κ2) is 7.96. The minimum atomic E-state index is -0.00964. The quantitative estimate of drug-likeness (QED) is 0.739. The number of piperidine rings is 1. The van der Waals surface area contributed by atoms with Crippen molar-refractivity contribution in [2.75, 3.05) is 19.7 Å². The van der Waals surface area contributed by atoms with Crippen molar-refractivity contribution in [2.24, 2.45) is 0 Å². The summed E-state index contributed by atoms with van der Waals surface area (Å²) >= 11 is 0. The highest BCUT2D eigenvalue weighted by atomic mass is 16.5. The topological polar surface area (TPSA) is 81.1 Å². The largest absolute Gasteiger partial charge is 0.378 e. The molecule has 1 aliphatic heterocycles. The zero-order valence-corrected chi connectivity index (χ0v) is 12.0. The molecule has 0 saturated carbocycles. The van der Waals surface area contributed by atoms with E-state index in [0.29, 0.717) is 25.7 Å². The number of nitrogens with zero attached hydrogens (tertiary/aromatic N) is 3. The van der Waals surface area contributed by atoms with Crippen LogP contribution in [0.25, 0.3) is 0 Å². The number of aromatic nitrogens is 3. The molecular formula is C13H23N5O2. The van der Waals surface area contributed by atoms with Crippen LogP contribution < -0.4 is 10.6 Å². The summed E-state index contributed by atoms with van der Waals surface area (Å²) in [5, 5.41) is 13.9. The summed E-state index contributed by atoms with van der Waals surface area (Å²) in [6.45, 7) is 5.72. The van der Waals surface area contributed by atoms with Crippen molar-refractivity contribution >= 4 is 5.91 Å². The summed E-state index contributed by atoms with van der Waals surface area (Å²) in [5.74, 6) is 0.768. The molecule has 0 atom stereocenters. The molecule has 7 heteroatoms. The molecule has 0 radical (unpaired) electrons. The van der Waals surface area contributed by atoms with Gasteiger partial charge in [-0.05, 0) is 32.9 Å². The lowest BCUT2D eigenvalue weighted by Crippen LogP contribution is -2.33. The molecule has 0 unspecified atom stereocenters. The summed E-state index contributed by atoms with van der Waals surface area (Å²) < 4.78 is 7.61. The fourth-order valence-corrected chi connectivity index (χ4v) is 2.23. The van der Waals surface area contributed by atoms with Crippen LogP contribution >= 0.6 is 0 Å². The smallest absolute Gasteiger partial charge is 0.222 e. The van der Waals surface area contributed by atoms with E-state index >= 15 is 0 Å². The molecule has 20 heavy (non-hydrogen) atoms. The van der Waals surface area contributed by atoms with Crippen LogP contribution in [0.1, 0.15) is 32.0 Å². The third-order valence-electron chi connectivity index (χ3n) is 3.45. The number of nitrogens with one attached hydrogen (secondary N) is 2. The molecule has 2 rings (SSSR count). The molecule has 2 N–H and O–H groups in total. The fourth-order valence-electron chi connectivity index (χ4n) is 2.23. The van der Waals surface area contributed by atoms with Gasteiger partial charge in [0.05, 0.1) is 19.3 Å². The number of rotatable bonds is 7. The van der Waals surface area contributed by atoms with Crippen molar-refractivity contribution < 1.29 is 9.53 Å². The monoisotopic (exact) mass is 281 g/mol. The van der Waals surface area contributed by atoms with Crippen LogP contribution in [0, 0.1) is 0 Å². The molecule has 1 aromatic rings. The van der Waals surface area contributed by atoms with Crippen molar-refractivity contribution in [2.45, 2.75) is 45.4 Å². The second-order valence-corrected chi connectivity index (χ2v) is 4.88. The van der Waals surface area contributed by atoms with Gasteiger partial charge in [-0.1, -0.05) is 0 Å². The van der Waals surface area contributed by atoms with Crippen LogP contribution in [-0.4, -0.2) is 46.5 Å². The maximum absolute atomic E-state index is 11.7. The van der Waals surface area contributed by atoms with Gasteiger partial charge in [0.2, 0.25) is 5.91 Å². The van der Waals surface area contributed by atoms with E-state index in [1.54, 1.807) is 6.33 Å². The Morgan fingerprint density at radius 1 is 1.55 bits per heavy atom. The van der Waals surface area contributed by atoms with Gasteiger partial charge in [0, 0.05) is 13.0 Å². The first kappa shape index (κ1) is 14.9. The Morgan fingerprint density at radius 3 is 3.10 bits per heavy atom. The van der Waals surface area contributed by atoms with Gasteiger partial charge in [0.25, 0.3) is 0 Å². The van der Waals surface area contributed by atoms with Crippen molar-refractivity contribution in [1.29, 1.82) is 0 Å². The minimum Gasteiger partial charge on any atom is -0.378 e. The third kappa shape index (κ3) is 4.57. The molecule has 1 aliphatic rings. The summed E-state index contributed by atoms with van der Waals surface area (Å²) in [5.41, 5.74) is 0. The van der Waals surface area contributed by atoms with Gasteiger partial charge in [-0.15, -0.1) is 10.2 Å². The number of hydrogen-bond donors (Lipinski definition) is 2. The summed E-state index contributed by atoms with van der Waals surface area (Å²) in [4.78, 5) is 11.7. The predicted octanol–water partition coefficient (Wildman–Crippen LogP) is 0.0729. The Morgan fingerprint density at radius 2 is 2.35 bits per heavy atom. The van der Waals surface area contributed by atoms with Gasteiger partial charge < -0.3 is 19.9 Å². The first-order valence-corrected chi connectivity index (χ1v) is 7.25. The van der Waals surface area contributed by atoms with Gasteiger partial charge in [0.1, 0.15) is 6.33 Å². The number of hydrogen-bond acceptors (Lipinski definition) is 5. The van der Waals surface area contributed by atoms with Gasteiger partial charge in [-0.25, -0.2) is 0 Å². The average molecular weight is 281 g/mol. The Bertz CT molecular complexity index is 415. The number of amides is 1. The minimum absolute atomic E-state index is 0.00964. The van der Waals surface area contributed by atoms with Crippen LogP contribution in [0.4, 0.5) is 0 Å². The maximum Gasteiger partial charge on any atom is 0.222 e. The second-order valence-electron chi connectivity index (χ2n) is 4.88. The molecule has 0 spiro atoms. The standard InChI is InChI=1S/C13H23N5O2/c1-2-18-10-16-17-12(18)9-15-13(19)5-8-20-11-3-6-14-7-4-11/h10-11,14H,2-9H2,1H3,(H,15,19). The van der Waals surface area contributed by atoms with Gasteiger partial charge in [0.15, 0.2) is 5.82 Å². The SMILES string of the molecule is CCn1cnnc1CNC(=O)CCOC1CCNCC1. The lowest BCUT2D eigenvalue weighted by molar-refractivity contribution is -0.123. The number of ether oxygens (including phenoxy) is 1. The van der Waals surface area contributed by atoms with Crippen LogP contribution in [0.2, 0.25) is 0 Å². The van der Waals surface area contributed by atoms with E-state index < -0.39 is 0 Å². The fraction of sp³-hybridized carbons (Fsp3) is 0.769. The number of carbonyl (C=O) groups is 1. The molecule has 112 valence electrons. The molecule has 1 amide bonds. The number of carbonyl (C=O) groups excluding carboxylic acids is 1. The average Bonchev–Trinajstić information content (AvgIpc) is 2.94. The zero-order valence-electron chi connectivity index (χ0n) is 12.0. The van der Waals surface area contributed by atoms with Gasteiger partial charge in [-0.3, -0.25) is 4.79 Å². The van der Waals surface area contributed by atoms with Gasteiger partial charge in [-0.2, -0.15) is 0 Å². The van der Waals surface area contributed by atoms with E-state index in [4.69, 9.17) is 4.74 Å². The van der Waals surface area contributed by atoms with Gasteiger partial charge >= 0.3 is 0 Å². The zero-order chi connectivity index (χ0) is 14.2. The molecule has 1 saturated heterocycles. The summed E-state index contributed by atoms with van der Waals surface area (Å²) in [7, 11) is 0. The van der Waals surface area contributed by atoms with E-state index in [9.17, 15) is 4.79 Å². The van der Waals surface area contributed by atoms with E-state index in [-0.39, 0.29) is 5.91 Å². The Balaban J connectivity index is 1.60. The predicted molar refractivity (Wildman–Crippen MR) is 74.0 cm³/mol. The lowest BCUT2D eigenvalue weighted by Gasteiger charge is -2.22. The molecule has 7 nitrogen and oxygen atoms in total. The first-order valence-electron chi connectivity index (χ1n) is 7.25. The third-order valence-corrected chi connectivity index (χ3v) is 3.45. The highest BCUT2D eigenvalue weighted by Crippen LogP contribution is 2.07. The number of aryl methyl sites for hydroxylation is 1. The van der Waals surface area contributed by atoms with Crippen molar-refractivity contribution in [3.8, 4) is 0 Å². The molecule has 2 heterocycles. The highest BCUT2D eigenvalue weighted by Gasteiger charge is 2.13. The van der Waals surface area contributed by atoms with E-state index in [2.05, 4.69) is 20.8 Å². The Labute approximate surface area is 119 Å². The summed E-state index contributed by atoms with van der Waals surface area (Å²) in [6.07, 6.45) is 4.42. The molecule has 0 bridgehead atoms. The molecule has 0 aromatic carbocycles. The Hall–Kier alpha value is -1.47. The van der Waals surface area contributed by atoms with E-state index in [1.807, 2.05) is 11.5 Å². The van der Waals surface area contributed by atoms with E-state index in [0.717, 1.165) is 38.3 Å². The lowest BCUT2D eigenvalue weighted by atomic mass is 10.1. The normalized spacial score (nSPS) is 16.2. The van der Waals surface area contributed by atoms with E-state index in [1.165, 1.54) is 0 Å². The van der Waals surface area contributed by atoms with Crippen LogP contribution in [0.3, 0.4) is 0 Å². The van der Waals surface area contributed by atoms with Crippen LogP contribution in [0.5, 0.6) is 0 Å². The molecule has 1 aromatic heterocycles.